The molecular weight excluding hydrogens is 314 g/mol. The van der Waals surface area contributed by atoms with Crippen LogP contribution in [0.25, 0.3) is 0 Å². The summed E-state index contributed by atoms with van der Waals surface area (Å²) in [5.41, 5.74) is 2.86. The van der Waals surface area contributed by atoms with Crippen molar-refractivity contribution >= 4 is 23.2 Å². The molecule has 0 fully saturated rings. The van der Waals surface area contributed by atoms with Gasteiger partial charge < -0.3 is 10.2 Å². The average molecular weight is 335 g/mol. The van der Waals surface area contributed by atoms with Gasteiger partial charge in [-0.2, -0.15) is 5.26 Å². The van der Waals surface area contributed by atoms with Crippen LogP contribution in [0.4, 0.5) is 11.4 Å². The number of rotatable bonds is 6. The molecule has 5 heteroatoms. The molecule has 0 aromatic heterocycles. The predicted octanol–water partition coefficient (Wildman–Crippen LogP) is 3.50. The molecule has 0 radical (unpaired) electrons. The molecule has 0 unspecified atom stereocenters. The van der Waals surface area contributed by atoms with E-state index < -0.39 is 0 Å². The summed E-state index contributed by atoms with van der Waals surface area (Å²) in [5.74, 6) is -0.353. The fourth-order valence-corrected chi connectivity index (χ4v) is 2.50. The van der Waals surface area contributed by atoms with Gasteiger partial charge in [0, 0.05) is 25.6 Å². The van der Waals surface area contributed by atoms with Gasteiger partial charge in [-0.25, -0.2) is 0 Å². The highest BCUT2D eigenvalue weighted by atomic mass is 16.2. The van der Waals surface area contributed by atoms with Crippen LogP contribution in [0.3, 0.4) is 0 Å². The molecule has 128 valence electrons. The summed E-state index contributed by atoms with van der Waals surface area (Å²) in [4.78, 5) is 25.7. The van der Waals surface area contributed by atoms with Crippen LogP contribution in [-0.4, -0.2) is 18.4 Å². The quantitative estimate of drug-likeness (QED) is 0.878. The van der Waals surface area contributed by atoms with Crippen LogP contribution in [0.2, 0.25) is 0 Å². The molecule has 0 saturated carbocycles. The van der Waals surface area contributed by atoms with Crippen molar-refractivity contribution in [3.63, 3.8) is 0 Å². The lowest BCUT2D eigenvalue weighted by Crippen LogP contribution is -2.32. The third kappa shape index (κ3) is 4.92. The second-order valence-corrected chi connectivity index (χ2v) is 5.65. The van der Waals surface area contributed by atoms with Crippen molar-refractivity contribution in [1.29, 1.82) is 5.26 Å². The molecule has 2 rings (SSSR count). The van der Waals surface area contributed by atoms with Crippen molar-refractivity contribution in [2.45, 2.75) is 26.7 Å². The van der Waals surface area contributed by atoms with E-state index in [9.17, 15) is 9.59 Å². The summed E-state index contributed by atoms with van der Waals surface area (Å²) >= 11 is 0. The summed E-state index contributed by atoms with van der Waals surface area (Å²) in [6, 6.07) is 16.6. The number of aryl methyl sites for hydroxylation is 1. The maximum Gasteiger partial charge on any atom is 0.226 e. The number of carbonyl (C=O) groups excluding carboxylic acids is 2. The van der Waals surface area contributed by atoms with E-state index in [2.05, 4.69) is 12.2 Å². The SMILES string of the molecule is CCc1ccc(N(CCC(=O)Nc2ccccc2C#N)C(C)=O)cc1. The molecule has 2 aromatic carbocycles. The Hall–Kier alpha value is -3.13. The van der Waals surface area contributed by atoms with E-state index in [-0.39, 0.29) is 24.8 Å². The molecule has 0 aliphatic rings. The maximum atomic E-state index is 12.2. The Morgan fingerprint density at radius 2 is 1.80 bits per heavy atom. The van der Waals surface area contributed by atoms with Gasteiger partial charge in [0.1, 0.15) is 6.07 Å². The number of nitrogens with zero attached hydrogens (tertiary/aromatic N) is 2. The Morgan fingerprint density at radius 1 is 1.12 bits per heavy atom. The molecule has 5 nitrogen and oxygen atoms in total. The highest BCUT2D eigenvalue weighted by Gasteiger charge is 2.14. The van der Waals surface area contributed by atoms with Gasteiger partial charge in [-0.1, -0.05) is 31.2 Å². The monoisotopic (exact) mass is 335 g/mol. The first kappa shape index (κ1) is 18.2. The number of hydrogen-bond donors (Lipinski definition) is 1. The van der Waals surface area contributed by atoms with E-state index in [0.717, 1.165) is 12.1 Å². The lowest BCUT2D eigenvalue weighted by molar-refractivity contribution is -0.117. The van der Waals surface area contributed by atoms with Crippen LogP contribution in [0.1, 0.15) is 31.4 Å². The highest BCUT2D eigenvalue weighted by molar-refractivity contribution is 5.95. The highest BCUT2D eigenvalue weighted by Crippen LogP contribution is 2.17. The summed E-state index contributed by atoms with van der Waals surface area (Å²) in [6.07, 6.45) is 1.08. The van der Waals surface area contributed by atoms with E-state index >= 15 is 0 Å². The summed E-state index contributed by atoms with van der Waals surface area (Å²) in [7, 11) is 0. The lowest BCUT2D eigenvalue weighted by atomic mass is 10.1. The zero-order valence-electron chi connectivity index (χ0n) is 14.5. The first-order valence-corrected chi connectivity index (χ1v) is 8.21. The van der Waals surface area contributed by atoms with Crippen LogP contribution >= 0.6 is 0 Å². The third-order valence-electron chi connectivity index (χ3n) is 3.92. The summed E-state index contributed by atoms with van der Waals surface area (Å²) < 4.78 is 0. The van der Waals surface area contributed by atoms with Gasteiger partial charge >= 0.3 is 0 Å². The van der Waals surface area contributed by atoms with Gasteiger partial charge in [-0.15, -0.1) is 0 Å². The van der Waals surface area contributed by atoms with Crippen molar-refractivity contribution in [3.8, 4) is 6.07 Å². The van der Waals surface area contributed by atoms with Crippen molar-refractivity contribution < 1.29 is 9.59 Å². The standard InChI is InChI=1S/C20H21N3O2/c1-3-16-8-10-18(11-9-16)23(15(2)24)13-12-20(25)22-19-7-5-4-6-17(19)14-21/h4-11H,3,12-13H2,1-2H3,(H,22,25). The normalized spacial score (nSPS) is 9.96. The van der Waals surface area contributed by atoms with Crippen LogP contribution in [0, 0.1) is 11.3 Å². The summed E-state index contributed by atoms with van der Waals surface area (Å²) in [5, 5.41) is 11.8. The first-order valence-electron chi connectivity index (χ1n) is 8.21. The predicted molar refractivity (Wildman–Crippen MR) is 98.3 cm³/mol. The third-order valence-corrected chi connectivity index (χ3v) is 3.92. The molecule has 1 N–H and O–H groups in total. The molecule has 0 saturated heterocycles. The van der Waals surface area contributed by atoms with E-state index in [4.69, 9.17) is 5.26 Å². The minimum Gasteiger partial charge on any atom is -0.325 e. The van der Waals surface area contributed by atoms with Crippen LogP contribution in [0.5, 0.6) is 0 Å². The van der Waals surface area contributed by atoms with Crippen molar-refractivity contribution in [1.82, 2.24) is 0 Å². The Balaban J connectivity index is 2.02. The van der Waals surface area contributed by atoms with Gasteiger partial charge in [0.25, 0.3) is 0 Å². The smallest absolute Gasteiger partial charge is 0.226 e. The molecule has 0 bridgehead atoms. The van der Waals surface area contributed by atoms with Crippen molar-refractivity contribution in [2.75, 3.05) is 16.8 Å². The molecule has 0 aliphatic carbocycles. The topological polar surface area (TPSA) is 73.2 Å². The fourth-order valence-electron chi connectivity index (χ4n) is 2.50. The van der Waals surface area contributed by atoms with Gasteiger partial charge in [0.05, 0.1) is 11.3 Å². The fraction of sp³-hybridized carbons (Fsp3) is 0.250. The Kier molecular flexibility index (Phi) is 6.30. The van der Waals surface area contributed by atoms with E-state index in [1.807, 2.05) is 30.3 Å². The number of nitrogens with one attached hydrogen (secondary N) is 1. The van der Waals surface area contributed by atoms with Crippen LogP contribution in [0.15, 0.2) is 48.5 Å². The number of amides is 2. The zero-order valence-corrected chi connectivity index (χ0v) is 14.5. The van der Waals surface area contributed by atoms with Gasteiger partial charge in [0.15, 0.2) is 0 Å². The number of nitriles is 1. The van der Waals surface area contributed by atoms with E-state index in [1.54, 1.807) is 29.2 Å². The Bertz CT molecular complexity index is 791. The minimum atomic E-state index is -0.237. The van der Waals surface area contributed by atoms with Crippen molar-refractivity contribution in [2.24, 2.45) is 0 Å². The second kappa shape index (κ2) is 8.65. The number of hydrogen-bond acceptors (Lipinski definition) is 3. The lowest BCUT2D eigenvalue weighted by Gasteiger charge is -2.21. The molecule has 2 amide bonds. The van der Waals surface area contributed by atoms with Crippen LogP contribution in [-0.2, 0) is 16.0 Å². The number of benzene rings is 2. The molecule has 25 heavy (non-hydrogen) atoms. The number of anilines is 2. The Labute approximate surface area is 147 Å². The second-order valence-electron chi connectivity index (χ2n) is 5.65. The molecule has 2 aromatic rings. The molecule has 0 heterocycles. The van der Waals surface area contributed by atoms with Gasteiger partial charge in [0.2, 0.25) is 11.8 Å². The molecule has 0 spiro atoms. The summed E-state index contributed by atoms with van der Waals surface area (Å²) in [6.45, 7) is 3.83. The van der Waals surface area contributed by atoms with Crippen LogP contribution < -0.4 is 10.2 Å². The number of carbonyl (C=O) groups is 2. The first-order chi connectivity index (χ1) is 12.0. The van der Waals surface area contributed by atoms with Crippen molar-refractivity contribution in [3.05, 3.63) is 59.7 Å². The van der Waals surface area contributed by atoms with E-state index in [1.165, 1.54) is 12.5 Å². The average Bonchev–Trinajstić information content (AvgIpc) is 2.62. The molecular formula is C20H21N3O2. The minimum absolute atomic E-state index is 0.116. The number of para-hydroxylation sites is 1. The Morgan fingerprint density at radius 3 is 2.40 bits per heavy atom. The molecule has 0 aliphatic heterocycles. The molecule has 0 atom stereocenters. The largest absolute Gasteiger partial charge is 0.325 e. The van der Waals surface area contributed by atoms with Gasteiger partial charge in [-0.05, 0) is 36.2 Å². The maximum absolute atomic E-state index is 12.2. The van der Waals surface area contributed by atoms with Gasteiger partial charge in [-0.3, -0.25) is 9.59 Å². The zero-order chi connectivity index (χ0) is 18.2. The van der Waals surface area contributed by atoms with E-state index in [0.29, 0.717) is 11.3 Å².